The van der Waals surface area contributed by atoms with Crippen molar-refractivity contribution in [2.24, 2.45) is 14.1 Å². The predicted octanol–water partition coefficient (Wildman–Crippen LogP) is 2.85. The molecule has 5 rings (SSSR count). The van der Waals surface area contributed by atoms with Gasteiger partial charge >= 0.3 is 5.69 Å². The molecule has 1 aliphatic heterocycles. The van der Waals surface area contributed by atoms with E-state index >= 15 is 0 Å². The van der Waals surface area contributed by atoms with Crippen molar-refractivity contribution in [3.63, 3.8) is 0 Å². The summed E-state index contributed by atoms with van der Waals surface area (Å²) in [5.41, 5.74) is 3.47. The highest BCUT2D eigenvalue weighted by atomic mass is 16.5. The van der Waals surface area contributed by atoms with E-state index in [1.807, 2.05) is 47.9 Å². The summed E-state index contributed by atoms with van der Waals surface area (Å²) in [6.45, 7) is 2.80. The highest BCUT2D eigenvalue weighted by Gasteiger charge is 2.34. The fraction of sp³-hybridized carbons (Fsp3) is 0.280. The Morgan fingerprint density at radius 2 is 1.79 bits per heavy atom. The molecule has 3 heterocycles. The smallest absolute Gasteiger partial charge is 0.331 e. The molecule has 0 amide bonds. The molecule has 0 saturated heterocycles. The van der Waals surface area contributed by atoms with Crippen molar-refractivity contribution in [1.29, 1.82) is 0 Å². The van der Waals surface area contributed by atoms with Gasteiger partial charge in [0.25, 0.3) is 5.56 Å². The average molecular weight is 447 g/mol. The van der Waals surface area contributed by atoms with Gasteiger partial charge in [-0.05, 0) is 48.4 Å². The summed E-state index contributed by atoms with van der Waals surface area (Å²) < 4.78 is 16.1. The maximum atomic E-state index is 13.4. The standard InChI is InChI=1S/C25H25N3O5/c1-14-5-10-17(18(29)13-14)23-22-21-19(24(30)27(3)25(31)26(21)2)20(28(22)11-12-33-23)15-6-8-16(32-4)9-7-15/h5-10,13,23,29H,11-12H2,1-4H3/t23-/m1/s1. The lowest BCUT2D eigenvalue weighted by molar-refractivity contribution is 0.0464. The van der Waals surface area contributed by atoms with Crippen LogP contribution in [0.2, 0.25) is 0 Å². The van der Waals surface area contributed by atoms with Crippen molar-refractivity contribution in [2.45, 2.75) is 19.6 Å². The van der Waals surface area contributed by atoms with E-state index < -0.39 is 11.8 Å². The zero-order valence-electron chi connectivity index (χ0n) is 19.0. The summed E-state index contributed by atoms with van der Waals surface area (Å²) in [7, 11) is 4.74. The van der Waals surface area contributed by atoms with Crippen LogP contribution in [0.25, 0.3) is 22.2 Å². The number of fused-ring (bicyclic) bond motifs is 3. The molecule has 1 N–H and O–H groups in total. The van der Waals surface area contributed by atoms with E-state index in [4.69, 9.17) is 9.47 Å². The topological polar surface area (TPSA) is 87.6 Å². The monoisotopic (exact) mass is 447 g/mol. The van der Waals surface area contributed by atoms with Gasteiger partial charge in [0, 0.05) is 26.2 Å². The zero-order chi connectivity index (χ0) is 23.4. The normalized spacial score (nSPS) is 15.6. The number of aromatic nitrogens is 3. The van der Waals surface area contributed by atoms with Crippen LogP contribution in [0.3, 0.4) is 0 Å². The molecule has 170 valence electrons. The molecule has 0 saturated carbocycles. The van der Waals surface area contributed by atoms with Gasteiger partial charge in [-0.15, -0.1) is 0 Å². The van der Waals surface area contributed by atoms with E-state index in [1.165, 1.54) is 11.6 Å². The van der Waals surface area contributed by atoms with Gasteiger partial charge < -0.3 is 19.1 Å². The molecule has 1 aliphatic rings. The minimum absolute atomic E-state index is 0.114. The van der Waals surface area contributed by atoms with Crippen molar-refractivity contribution >= 4 is 10.9 Å². The molecular formula is C25H25N3O5. The first kappa shape index (κ1) is 21.1. The molecule has 4 aromatic rings. The third kappa shape index (κ3) is 3.09. The molecule has 2 aromatic heterocycles. The first-order valence-corrected chi connectivity index (χ1v) is 10.7. The van der Waals surface area contributed by atoms with Crippen LogP contribution in [-0.2, 0) is 25.4 Å². The van der Waals surface area contributed by atoms with Crippen LogP contribution in [0.15, 0.2) is 52.1 Å². The molecule has 0 unspecified atom stereocenters. The molecule has 33 heavy (non-hydrogen) atoms. The Bertz CT molecular complexity index is 1510. The highest BCUT2D eigenvalue weighted by Crippen LogP contribution is 2.42. The third-order valence-electron chi connectivity index (χ3n) is 6.38. The Morgan fingerprint density at radius 1 is 1.06 bits per heavy atom. The number of nitrogens with zero attached hydrogens (tertiary/aromatic N) is 3. The van der Waals surface area contributed by atoms with Crippen LogP contribution in [0.5, 0.6) is 11.5 Å². The largest absolute Gasteiger partial charge is 0.508 e. The SMILES string of the molecule is COc1ccc(-c2c3c(=O)n(C)c(=O)n(C)c3c3n2CCO[C@@H]3c2ccc(C)cc2O)cc1. The summed E-state index contributed by atoms with van der Waals surface area (Å²) in [5, 5.41) is 11.2. The fourth-order valence-corrected chi connectivity index (χ4v) is 4.74. The maximum absolute atomic E-state index is 13.4. The summed E-state index contributed by atoms with van der Waals surface area (Å²) in [6.07, 6.45) is -0.633. The predicted molar refractivity (Wildman–Crippen MR) is 125 cm³/mol. The maximum Gasteiger partial charge on any atom is 0.331 e. The van der Waals surface area contributed by atoms with Crippen LogP contribution >= 0.6 is 0 Å². The van der Waals surface area contributed by atoms with Gasteiger partial charge in [-0.1, -0.05) is 12.1 Å². The van der Waals surface area contributed by atoms with Crippen LogP contribution in [0.4, 0.5) is 0 Å². The van der Waals surface area contributed by atoms with Crippen LogP contribution < -0.4 is 16.0 Å². The van der Waals surface area contributed by atoms with E-state index in [9.17, 15) is 14.7 Å². The summed E-state index contributed by atoms with van der Waals surface area (Å²) in [4.78, 5) is 26.3. The molecule has 2 aromatic carbocycles. The number of methoxy groups -OCH3 is 1. The van der Waals surface area contributed by atoms with E-state index in [1.54, 1.807) is 20.2 Å². The molecular weight excluding hydrogens is 422 g/mol. The molecule has 0 radical (unpaired) electrons. The summed E-state index contributed by atoms with van der Waals surface area (Å²) in [6, 6.07) is 12.9. The zero-order valence-corrected chi connectivity index (χ0v) is 19.0. The van der Waals surface area contributed by atoms with E-state index in [0.29, 0.717) is 41.1 Å². The Labute approximate surface area is 189 Å². The molecule has 0 spiro atoms. The van der Waals surface area contributed by atoms with Crippen molar-refractivity contribution < 1.29 is 14.6 Å². The van der Waals surface area contributed by atoms with Gasteiger partial charge in [0.1, 0.15) is 17.6 Å². The van der Waals surface area contributed by atoms with Gasteiger partial charge in [0.2, 0.25) is 0 Å². The summed E-state index contributed by atoms with van der Waals surface area (Å²) >= 11 is 0. The van der Waals surface area contributed by atoms with Gasteiger partial charge in [-0.3, -0.25) is 13.9 Å². The number of hydrogen-bond acceptors (Lipinski definition) is 5. The molecule has 8 heteroatoms. The lowest BCUT2D eigenvalue weighted by Crippen LogP contribution is -2.37. The van der Waals surface area contributed by atoms with Crippen LogP contribution in [-0.4, -0.2) is 32.5 Å². The van der Waals surface area contributed by atoms with Crippen LogP contribution in [0, 0.1) is 6.92 Å². The van der Waals surface area contributed by atoms with Gasteiger partial charge in [0.05, 0.1) is 36.0 Å². The number of aromatic hydroxyl groups is 1. The number of aryl methyl sites for hydroxylation is 2. The van der Waals surface area contributed by atoms with Crippen molar-refractivity contribution in [2.75, 3.05) is 13.7 Å². The van der Waals surface area contributed by atoms with Crippen molar-refractivity contribution in [3.8, 4) is 22.8 Å². The molecule has 1 atom stereocenters. The number of benzene rings is 2. The number of rotatable bonds is 3. The Balaban J connectivity index is 1.91. The minimum atomic E-state index is -0.633. The Hall–Kier alpha value is -3.78. The van der Waals surface area contributed by atoms with E-state index in [-0.39, 0.29) is 11.3 Å². The molecule has 0 aliphatic carbocycles. The van der Waals surface area contributed by atoms with Crippen LogP contribution in [0.1, 0.15) is 22.9 Å². The fourth-order valence-electron chi connectivity index (χ4n) is 4.74. The summed E-state index contributed by atoms with van der Waals surface area (Å²) in [5.74, 6) is 0.821. The van der Waals surface area contributed by atoms with Gasteiger partial charge in [-0.25, -0.2) is 4.79 Å². The first-order valence-electron chi connectivity index (χ1n) is 10.7. The Morgan fingerprint density at radius 3 is 2.45 bits per heavy atom. The minimum Gasteiger partial charge on any atom is -0.508 e. The van der Waals surface area contributed by atoms with Crippen molar-refractivity contribution in [3.05, 3.63) is 80.1 Å². The van der Waals surface area contributed by atoms with E-state index in [0.717, 1.165) is 21.4 Å². The molecule has 0 fully saturated rings. The quantitative estimate of drug-likeness (QED) is 0.522. The number of phenolic OH excluding ortho intramolecular Hbond substituents is 1. The second-order valence-electron chi connectivity index (χ2n) is 8.36. The average Bonchev–Trinajstić information content (AvgIpc) is 3.17. The second-order valence-corrected chi connectivity index (χ2v) is 8.36. The highest BCUT2D eigenvalue weighted by molar-refractivity contribution is 5.96. The number of hydrogen-bond donors (Lipinski definition) is 1. The number of ether oxygens (including phenoxy) is 2. The molecule has 8 nitrogen and oxygen atoms in total. The lowest BCUT2D eigenvalue weighted by Gasteiger charge is -2.28. The second kappa shape index (κ2) is 7.67. The van der Waals surface area contributed by atoms with Crippen molar-refractivity contribution in [1.82, 2.24) is 13.7 Å². The third-order valence-corrected chi connectivity index (χ3v) is 6.38. The van der Waals surface area contributed by atoms with Gasteiger partial charge in [-0.2, -0.15) is 0 Å². The lowest BCUT2D eigenvalue weighted by atomic mass is 10.0. The Kier molecular flexibility index (Phi) is 4.90. The number of phenols is 1. The van der Waals surface area contributed by atoms with Gasteiger partial charge in [0.15, 0.2) is 0 Å². The first-order chi connectivity index (χ1) is 15.8. The van der Waals surface area contributed by atoms with E-state index in [2.05, 4.69) is 0 Å². The molecule has 0 bridgehead atoms.